The molecule has 27 heavy (non-hydrogen) atoms. The van der Waals surface area contributed by atoms with Crippen molar-refractivity contribution >= 4 is 23.3 Å². The first-order valence-corrected chi connectivity index (χ1v) is 7.83. The highest BCUT2D eigenvalue weighted by Crippen LogP contribution is 2.29. The van der Waals surface area contributed by atoms with Crippen LogP contribution in [0.3, 0.4) is 0 Å². The number of rotatable bonds is 6. The van der Waals surface area contributed by atoms with Crippen LogP contribution in [-0.4, -0.2) is 30.0 Å². The summed E-state index contributed by atoms with van der Waals surface area (Å²) in [5.74, 6) is -2.03. The number of carbonyl (C=O) groups excluding carboxylic acids is 2. The number of halogens is 1. The lowest BCUT2D eigenvalue weighted by Crippen LogP contribution is -2.30. The number of ether oxygens (including phenoxy) is 2. The average molecular weight is 376 g/mol. The molecule has 0 bridgehead atoms. The maximum atomic E-state index is 13.6. The summed E-state index contributed by atoms with van der Waals surface area (Å²) < 4.78 is 23.4. The van der Waals surface area contributed by atoms with E-state index in [2.05, 4.69) is 10.1 Å². The van der Waals surface area contributed by atoms with Crippen LogP contribution in [0.1, 0.15) is 22.8 Å². The van der Waals surface area contributed by atoms with Gasteiger partial charge in [0.25, 0.3) is 5.91 Å². The number of nitrogens with one attached hydrogen (secondary N) is 1. The summed E-state index contributed by atoms with van der Waals surface area (Å²) in [6.45, 7) is 2.97. The van der Waals surface area contributed by atoms with E-state index in [1.165, 1.54) is 31.2 Å². The number of nitro benzene ring substituents is 1. The highest BCUT2D eigenvalue weighted by Gasteiger charge is 2.23. The normalized spacial score (nSPS) is 11.4. The van der Waals surface area contributed by atoms with Gasteiger partial charge in [0, 0.05) is 11.8 Å². The Hall–Kier alpha value is -3.49. The number of esters is 1. The monoisotopic (exact) mass is 376 g/mol. The molecule has 0 aliphatic rings. The van der Waals surface area contributed by atoms with E-state index in [9.17, 15) is 24.1 Å². The molecular weight excluding hydrogens is 359 g/mol. The molecule has 0 saturated heterocycles. The minimum Gasteiger partial charge on any atom is -0.474 e. The highest BCUT2D eigenvalue weighted by molar-refractivity contribution is 5.94. The van der Waals surface area contributed by atoms with Gasteiger partial charge >= 0.3 is 11.7 Å². The van der Waals surface area contributed by atoms with E-state index >= 15 is 0 Å². The van der Waals surface area contributed by atoms with Gasteiger partial charge in [-0.3, -0.25) is 14.9 Å². The predicted molar refractivity (Wildman–Crippen MR) is 94.3 cm³/mol. The third-order valence-electron chi connectivity index (χ3n) is 3.69. The number of nitrogens with zero attached hydrogens (tertiary/aromatic N) is 1. The van der Waals surface area contributed by atoms with Gasteiger partial charge < -0.3 is 14.8 Å². The first-order valence-electron chi connectivity index (χ1n) is 7.83. The molecule has 0 aliphatic carbocycles. The smallest absolute Gasteiger partial charge is 0.338 e. The van der Waals surface area contributed by atoms with Crippen molar-refractivity contribution < 1.29 is 28.4 Å². The van der Waals surface area contributed by atoms with Gasteiger partial charge in [-0.25, -0.2) is 9.18 Å². The Bertz CT molecular complexity index is 899. The van der Waals surface area contributed by atoms with Crippen LogP contribution in [0.4, 0.5) is 15.8 Å². The van der Waals surface area contributed by atoms with Gasteiger partial charge in [0.15, 0.2) is 11.9 Å². The van der Waals surface area contributed by atoms with Crippen LogP contribution in [-0.2, 0) is 9.53 Å². The molecule has 0 unspecified atom stereocenters. The third-order valence-corrected chi connectivity index (χ3v) is 3.69. The number of hydrogen-bond donors (Lipinski definition) is 1. The van der Waals surface area contributed by atoms with E-state index < -0.39 is 34.4 Å². The summed E-state index contributed by atoms with van der Waals surface area (Å²) in [7, 11) is 1.15. The Kier molecular flexibility index (Phi) is 6.07. The lowest BCUT2D eigenvalue weighted by atomic mass is 10.2. The lowest BCUT2D eigenvalue weighted by Gasteiger charge is -2.15. The van der Waals surface area contributed by atoms with Crippen molar-refractivity contribution in [3.63, 3.8) is 0 Å². The maximum Gasteiger partial charge on any atom is 0.338 e. The first-order chi connectivity index (χ1) is 12.7. The van der Waals surface area contributed by atoms with Gasteiger partial charge in [-0.05, 0) is 43.7 Å². The van der Waals surface area contributed by atoms with Crippen molar-refractivity contribution in [2.75, 3.05) is 12.4 Å². The molecule has 0 spiro atoms. The number of carbonyl (C=O) groups is 2. The summed E-state index contributed by atoms with van der Waals surface area (Å²) >= 11 is 0. The zero-order valence-corrected chi connectivity index (χ0v) is 14.8. The Morgan fingerprint density at radius 2 is 1.93 bits per heavy atom. The summed E-state index contributed by atoms with van der Waals surface area (Å²) in [6.07, 6.45) is -1.11. The number of benzene rings is 2. The Morgan fingerprint density at radius 3 is 2.52 bits per heavy atom. The molecule has 0 aliphatic heterocycles. The number of anilines is 1. The molecule has 2 aromatic carbocycles. The summed E-state index contributed by atoms with van der Waals surface area (Å²) in [6, 6.07) is 7.69. The van der Waals surface area contributed by atoms with Crippen molar-refractivity contribution in [3.05, 3.63) is 63.5 Å². The van der Waals surface area contributed by atoms with Crippen LogP contribution in [0.25, 0.3) is 0 Å². The third kappa shape index (κ3) is 4.78. The molecular formula is C18H17FN2O6. The van der Waals surface area contributed by atoms with Crippen LogP contribution in [0.15, 0.2) is 36.4 Å². The SMILES string of the molecule is COC(=O)c1ccc(O[C@H](C)C(=O)Nc2ccc(C)c(F)c2)c([N+](=O)[O-])c1. The van der Waals surface area contributed by atoms with Gasteiger partial charge in [0.05, 0.1) is 17.6 Å². The van der Waals surface area contributed by atoms with E-state index in [0.717, 1.165) is 19.2 Å². The molecule has 2 rings (SSSR count). The highest BCUT2D eigenvalue weighted by atomic mass is 19.1. The largest absolute Gasteiger partial charge is 0.474 e. The van der Waals surface area contributed by atoms with Crippen molar-refractivity contribution in [1.29, 1.82) is 0 Å². The Labute approximate surface area is 154 Å². The fourth-order valence-corrected chi connectivity index (χ4v) is 2.16. The molecule has 8 nitrogen and oxygen atoms in total. The summed E-state index contributed by atoms with van der Waals surface area (Å²) in [4.78, 5) is 34.2. The summed E-state index contributed by atoms with van der Waals surface area (Å²) in [5.41, 5.74) is 0.149. The fraction of sp³-hybridized carbons (Fsp3) is 0.222. The number of methoxy groups -OCH3 is 1. The second-order valence-corrected chi connectivity index (χ2v) is 5.64. The van der Waals surface area contributed by atoms with Gasteiger partial charge in [-0.15, -0.1) is 0 Å². The second-order valence-electron chi connectivity index (χ2n) is 5.64. The van der Waals surface area contributed by atoms with Crippen LogP contribution >= 0.6 is 0 Å². The van der Waals surface area contributed by atoms with Crippen molar-refractivity contribution in [3.8, 4) is 5.75 Å². The molecule has 1 amide bonds. The zero-order valence-electron chi connectivity index (χ0n) is 14.8. The maximum absolute atomic E-state index is 13.6. The quantitative estimate of drug-likeness (QED) is 0.471. The second kappa shape index (κ2) is 8.26. The molecule has 0 radical (unpaired) electrons. The predicted octanol–water partition coefficient (Wildman–Crippen LogP) is 3.23. The van der Waals surface area contributed by atoms with Crippen LogP contribution in [0.2, 0.25) is 0 Å². The molecule has 2 aromatic rings. The number of aryl methyl sites for hydroxylation is 1. The van der Waals surface area contributed by atoms with Gasteiger partial charge in [-0.1, -0.05) is 6.07 Å². The molecule has 0 saturated carbocycles. The fourth-order valence-electron chi connectivity index (χ4n) is 2.16. The molecule has 0 aromatic heterocycles. The molecule has 0 heterocycles. The van der Waals surface area contributed by atoms with E-state index in [1.54, 1.807) is 6.92 Å². The number of amides is 1. The van der Waals surface area contributed by atoms with Gasteiger partial charge in [0.2, 0.25) is 0 Å². The molecule has 0 fully saturated rings. The molecule has 142 valence electrons. The topological polar surface area (TPSA) is 108 Å². The average Bonchev–Trinajstić information content (AvgIpc) is 2.64. The van der Waals surface area contributed by atoms with E-state index in [-0.39, 0.29) is 17.0 Å². The summed E-state index contributed by atoms with van der Waals surface area (Å²) in [5, 5.41) is 13.7. The van der Waals surface area contributed by atoms with Crippen molar-refractivity contribution in [1.82, 2.24) is 0 Å². The zero-order chi connectivity index (χ0) is 20.1. The van der Waals surface area contributed by atoms with Crippen LogP contribution in [0.5, 0.6) is 5.75 Å². The van der Waals surface area contributed by atoms with E-state index in [1.807, 2.05) is 0 Å². The van der Waals surface area contributed by atoms with Gasteiger partial charge in [0.1, 0.15) is 5.82 Å². The standard InChI is InChI=1S/C18H17FN2O6/c1-10-4-6-13(9-14(10)19)20-17(22)11(2)27-16-7-5-12(18(23)26-3)8-15(16)21(24)25/h4-9,11H,1-3H3,(H,20,22)/t11-/m1/s1. The molecule has 1 atom stereocenters. The van der Waals surface area contributed by atoms with E-state index in [4.69, 9.17) is 4.74 Å². The minimum atomic E-state index is -1.11. The Balaban J connectivity index is 2.17. The minimum absolute atomic E-state index is 0.0243. The Morgan fingerprint density at radius 1 is 1.22 bits per heavy atom. The first kappa shape index (κ1) is 19.8. The van der Waals surface area contributed by atoms with Crippen molar-refractivity contribution in [2.24, 2.45) is 0 Å². The molecule has 1 N–H and O–H groups in total. The number of hydrogen-bond acceptors (Lipinski definition) is 6. The van der Waals surface area contributed by atoms with Crippen LogP contribution in [0, 0.1) is 22.9 Å². The van der Waals surface area contributed by atoms with E-state index in [0.29, 0.717) is 5.56 Å². The van der Waals surface area contributed by atoms with Gasteiger partial charge in [-0.2, -0.15) is 0 Å². The number of nitro groups is 1. The lowest BCUT2D eigenvalue weighted by molar-refractivity contribution is -0.386. The van der Waals surface area contributed by atoms with Crippen LogP contribution < -0.4 is 10.1 Å². The molecule has 9 heteroatoms. The van der Waals surface area contributed by atoms with Crippen molar-refractivity contribution in [2.45, 2.75) is 20.0 Å².